The number of methoxy groups -OCH3 is 2. The summed E-state index contributed by atoms with van der Waals surface area (Å²) < 4.78 is 23.5. The molecule has 2 aromatic heterocycles. The summed E-state index contributed by atoms with van der Waals surface area (Å²) >= 11 is 1.01. The Balaban J connectivity index is 1.72. The van der Waals surface area contributed by atoms with Gasteiger partial charge in [-0.1, -0.05) is 17.4 Å². The van der Waals surface area contributed by atoms with Crippen molar-refractivity contribution in [1.82, 2.24) is 4.57 Å². The van der Waals surface area contributed by atoms with E-state index in [1.165, 1.54) is 49.1 Å². The van der Waals surface area contributed by atoms with Crippen LogP contribution < -0.4 is 24.4 Å². The second-order valence-electron chi connectivity index (χ2n) is 9.78. The van der Waals surface area contributed by atoms with Gasteiger partial charge in [0, 0.05) is 35.4 Å². The molecule has 232 valence electrons. The Morgan fingerprint density at radius 3 is 2.44 bits per heavy atom. The molecule has 0 aliphatic carbocycles. The number of nitro benzene ring substituents is 2. The summed E-state index contributed by atoms with van der Waals surface area (Å²) in [6, 6.07) is 9.07. The number of hydrogen-bond donors (Lipinski definition) is 0. The largest absolute Gasteiger partial charge is 0.496 e. The van der Waals surface area contributed by atoms with Crippen molar-refractivity contribution in [3.05, 3.63) is 111 Å². The van der Waals surface area contributed by atoms with Gasteiger partial charge in [-0.05, 0) is 44.5 Å². The van der Waals surface area contributed by atoms with Crippen molar-refractivity contribution in [1.29, 1.82) is 0 Å². The van der Waals surface area contributed by atoms with E-state index in [1.807, 2.05) is 0 Å². The predicted octanol–water partition coefficient (Wildman–Crippen LogP) is 4.20. The van der Waals surface area contributed by atoms with Gasteiger partial charge in [-0.2, -0.15) is 0 Å². The molecule has 15 heteroatoms. The number of hydrogen-bond acceptors (Lipinski definition) is 12. The highest BCUT2D eigenvalue weighted by Crippen LogP contribution is 2.37. The number of carbonyl (C=O) groups excluding carboxylic acids is 1. The highest BCUT2D eigenvalue weighted by atomic mass is 32.1. The van der Waals surface area contributed by atoms with E-state index in [9.17, 15) is 29.8 Å². The number of rotatable bonds is 9. The zero-order chi connectivity index (χ0) is 32.6. The van der Waals surface area contributed by atoms with E-state index >= 15 is 0 Å². The van der Waals surface area contributed by atoms with Crippen LogP contribution in [0.15, 0.2) is 67.9 Å². The van der Waals surface area contributed by atoms with Gasteiger partial charge in [0.05, 0.1) is 46.5 Å². The monoisotopic (exact) mass is 634 g/mol. The number of aromatic nitrogens is 1. The van der Waals surface area contributed by atoms with Gasteiger partial charge in [-0.25, -0.2) is 9.79 Å². The topological polar surface area (TPSA) is 179 Å². The van der Waals surface area contributed by atoms with E-state index in [0.29, 0.717) is 22.6 Å². The highest BCUT2D eigenvalue weighted by molar-refractivity contribution is 7.07. The molecule has 4 aromatic rings. The number of nitro groups is 2. The Hall–Kier alpha value is -5.57. The molecule has 0 N–H and O–H groups in total. The van der Waals surface area contributed by atoms with Gasteiger partial charge in [-0.3, -0.25) is 29.6 Å². The van der Waals surface area contributed by atoms with Gasteiger partial charge in [0.15, 0.2) is 4.80 Å². The summed E-state index contributed by atoms with van der Waals surface area (Å²) in [6.45, 7) is 5.10. The maximum Gasteiger partial charge on any atom is 0.338 e. The molecular weight excluding hydrogens is 608 g/mol. The van der Waals surface area contributed by atoms with Crippen LogP contribution >= 0.6 is 11.3 Å². The smallest absolute Gasteiger partial charge is 0.338 e. The van der Waals surface area contributed by atoms with Crippen molar-refractivity contribution in [2.75, 3.05) is 20.8 Å². The molecule has 1 aliphatic heterocycles. The van der Waals surface area contributed by atoms with Gasteiger partial charge in [0.1, 0.15) is 23.3 Å². The molecule has 14 nitrogen and oxygen atoms in total. The van der Waals surface area contributed by atoms with E-state index in [-0.39, 0.29) is 55.7 Å². The quantitative estimate of drug-likeness (QED) is 0.147. The summed E-state index contributed by atoms with van der Waals surface area (Å²) in [6.07, 6.45) is 1.44. The maximum atomic E-state index is 14.0. The number of aryl methyl sites for hydroxylation is 1. The molecule has 0 fully saturated rings. The van der Waals surface area contributed by atoms with Gasteiger partial charge in [-0.15, -0.1) is 0 Å². The lowest BCUT2D eigenvalue weighted by molar-refractivity contribution is -0.385. The summed E-state index contributed by atoms with van der Waals surface area (Å²) in [5.41, 5.74) is 0.796. The van der Waals surface area contributed by atoms with Crippen LogP contribution in [-0.4, -0.2) is 41.2 Å². The highest BCUT2D eigenvalue weighted by Gasteiger charge is 2.36. The number of thiazole rings is 1. The Kier molecular flexibility index (Phi) is 8.37. The first kappa shape index (κ1) is 30.9. The fraction of sp³-hybridized carbons (Fsp3) is 0.233. The average Bonchev–Trinajstić information content (AvgIpc) is 3.61. The molecule has 0 bridgehead atoms. The number of furan rings is 1. The first-order chi connectivity index (χ1) is 21.5. The first-order valence-corrected chi connectivity index (χ1v) is 14.3. The molecular formula is C30H26N4O10S. The van der Waals surface area contributed by atoms with E-state index < -0.39 is 27.4 Å². The predicted molar refractivity (Wildman–Crippen MR) is 162 cm³/mol. The van der Waals surface area contributed by atoms with E-state index in [0.717, 1.165) is 11.3 Å². The van der Waals surface area contributed by atoms with Crippen LogP contribution in [0.4, 0.5) is 11.4 Å². The minimum atomic E-state index is -1.10. The molecule has 0 radical (unpaired) electrons. The van der Waals surface area contributed by atoms with Crippen LogP contribution in [0.3, 0.4) is 0 Å². The SMILES string of the molecule is CCOC(=O)C1=C(C)N=c2s/c(=C\c3cc([N+](=O)[O-])c(OC)cc3OC)c(=O)n2[C@H]1c1ccc(-c2cc([N+](=O)[O-])ccc2C)o1. The van der Waals surface area contributed by atoms with Crippen LogP contribution in [0.5, 0.6) is 11.5 Å². The third-order valence-electron chi connectivity index (χ3n) is 7.13. The second kappa shape index (κ2) is 12.2. The first-order valence-electron chi connectivity index (χ1n) is 13.4. The van der Waals surface area contributed by atoms with Gasteiger partial charge in [0.25, 0.3) is 11.2 Å². The molecule has 1 atom stereocenters. The van der Waals surface area contributed by atoms with Gasteiger partial charge < -0.3 is 18.6 Å². The van der Waals surface area contributed by atoms with Crippen molar-refractivity contribution in [3.8, 4) is 22.8 Å². The van der Waals surface area contributed by atoms with Crippen molar-refractivity contribution in [3.63, 3.8) is 0 Å². The number of esters is 1. The van der Waals surface area contributed by atoms with Crippen LogP contribution in [0.2, 0.25) is 0 Å². The fourth-order valence-electron chi connectivity index (χ4n) is 5.00. The molecule has 2 aromatic carbocycles. The maximum absolute atomic E-state index is 14.0. The van der Waals surface area contributed by atoms with Crippen LogP contribution in [0.25, 0.3) is 17.4 Å². The second-order valence-corrected chi connectivity index (χ2v) is 10.8. The summed E-state index contributed by atoms with van der Waals surface area (Å²) in [5, 5.41) is 23.1. The number of fused-ring (bicyclic) bond motifs is 1. The molecule has 5 rings (SSSR count). The van der Waals surface area contributed by atoms with Gasteiger partial charge in [0.2, 0.25) is 5.75 Å². The Labute approximate surface area is 258 Å². The average molecular weight is 635 g/mol. The third kappa shape index (κ3) is 5.60. The van der Waals surface area contributed by atoms with Crippen LogP contribution in [0.1, 0.15) is 36.8 Å². The van der Waals surface area contributed by atoms with Gasteiger partial charge >= 0.3 is 11.7 Å². The summed E-state index contributed by atoms with van der Waals surface area (Å²) in [5.74, 6) is -0.000925. The van der Waals surface area contributed by atoms with Crippen molar-refractivity contribution >= 4 is 34.8 Å². The number of nitrogens with zero attached hydrogens (tertiary/aromatic N) is 4. The molecule has 0 unspecified atom stereocenters. The van der Waals surface area contributed by atoms with Crippen molar-refractivity contribution in [2.24, 2.45) is 4.99 Å². The van der Waals surface area contributed by atoms with E-state index in [2.05, 4.69) is 4.99 Å². The molecule has 45 heavy (non-hydrogen) atoms. The van der Waals surface area contributed by atoms with Crippen LogP contribution in [0, 0.1) is 27.2 Å². The number of non-ortho nitro benzene ring substituents is 1. The number of ether oxygens (including phenoxy) is 3. The lowest BCUT2D eigenvalue weighted by Crippen LogP contribution is -2.39. The normalized spacial score (nSPS) is 14.5. The molecule has 3 heterocycles. The third-order valence-corrected chi connectivity index (χ3v) is 8.11. The lowest BCUT2D eigenvalue weighted by atomic mass is 10.0. The number of carbonyl (C=O) groups is 1. The minimum Gasteiger partial charge on any atom is -0.496 e. The zero-order valence-electron chi connectivity index (χ0n) is 24.7. The molecule has 0 saturated heterocycles. The summed E-state index contributed by atoms with van der Waals surface area (Å²) in [7, 11) is 2.68. The number of benzene rings is 2. The molecule has 1 aliphatic rings. The minimum absolute atomic E-state index is 0.0160. The standard InChI is InChI=1S/C30H26N4O10S/c1-6-43-29(36)26-16(3)31-30-32(27(26)22-10-9-21(44-22)19-13-18(33(37)38)8-7-15(19)2)28(35)25(45-30)12-17-11-20(34(39)40)24(42-5)14-23(17)41-4/h7-14,27H,6H2,1-5H3/b25-12-/t27-/m0/s1. The Bertz CT molecular complexity index is 2090. The molecule has 0 spiro atoms. The van der Waals surface area contributed by atoms with E-state index in [1.54, 1.807) is 39.0 Å². The van der Waals surface area contributed by atoms with Crippen LogP contribution in [-0.2, 0) is 9.53 Å². The summed E-state index contributed by atoms with van der Waals surface area (Å²) in [4.78, 5) is 54.0. The number of allylic oxidation sites excluding steroid dienone is 1. The van der Waals surface area contributed by atoms with Crippen molar-refractivity contribution in [2.45, 2.75) is 26.8 Å². The molecule has 0 amide bonds. The van der Waals surface area contributed by atoms with E-state index in [4.69, 9.17) is 18.6 Å². The Morgan fingerprint density at radius 1 is 1.07 bits per heavy atom. The zero-order valence-corrected chi connectivity index (χ0v) is 25.5. The molecule has 0 saturated carbocycles. The lowest BCUT2D eigenvalue weighted by Gasteiger charge is -2.22. The fourth-order valence-corrected chi connectivity index (χ4v) is 6.03. The van der Waals surface area contributed by atoms with Crippen molar-refractivity contribution < 1.29 is 33.3 Å². The Morgan fingerprint density at radius 2 is 1.80 bits per heavy atom.